The van der Waals surface area contributed by atoms with Crippen LogP contribution < -0.4 is 5.32 Å². The Hall–Kier alpha value is -4.95. The molecule has 2 aliphatic rings. The highest BCUT2D eigenvalue weighted by molar-refractivity contribution is 6.36. The molecule has 0 amide bonds. The van der Waals surface area contributed by atoms with E-state index in [9.17, 15) is 5.41 Å². The van der Waals surface area contributed by atoms with Gasteiger partial charge in [-0.1, -0.05) is 135 Å². The molecule has 2 N–H and O–H groups in total. The molecule has 1 heterocycles. The number of benzene rings is 5. The van der Waals surface area contributed by atoms with Gasteiger partial charge in [-0.25, -0.2) is 0 Å². The van der Waals surface area contributed by atoms with Gasteiger partial charge < -0.3 is 5.32 Å². The van der Waals surface area contributed by atoms with Gasteiger partial charge in [0.25, 0.3) is 0 Å². The third-order valence-electron chi connectivity index (χ3n) is 9.20. The lowest BCUT2D eigenvalue weighted by Crippen LogP contribution is -2.23. The summed E-state index contributed by atoms with van der Waals surface area (Å²) in [5.74, 6) is 0. The molecule has 42 heavy (non-hydrogen) atoms. The van der Waals surface area contributed by atoms with Crippen LogP contribution in [0.4, 0.5) is 0 Å². The number of rotatable bonds is 6. The second kappa shape index (κ2) is 10.5. The molecule has 204 valence electrons. The first-order chi connectivity index (χ1) is 20.6. The monoisotopic (exact) mass is 542 g/mol. The fraction of sp³-hybridized carbons (Fsp3) is 0.125. The first-order valence-electron chi connectivity index (χ1n) is 14.9. The van der Waals surface area contributed by atoms with Gasteiger partial charge >= 0.3 is 0 Å². The Morgan fingerprint density at radius 2 is 1.24 bits per heavy atom. The fourth-order valence-electron chi connectivity index (χ4n) is 7.00. The molecule has 0 bridgehead atoms. The minimum Gasteiger partial charge on any atom is -0.354 e. The zero-order chi connectivity index (χ0) is 28.7. The first-order valence-corrected chi connectivity index (χ1v) is 14.9. The third-order valence-corrected chi connectivity index (χ3v) is 9.20. The molecule has 0 spiro atoms. The molecule has 5 aromatic carbocycles. The number of allylic oxidation sites excluding steroid dienone is 1. The maximum atomic E-state index is 9.67. The fourth-order valence-corrected chi connectivity index (χ4v) is 7.00. The minimum absolute atomic E-state index is 0.0420. The Morgan fingerprint density at radius 3 is 1.98 bits per heavy atom. The van der Waals surface area contributed by atoms with Gasteiger partial charge in [-0.2, -0.15) is 0 Å². The molecule has 0 aromatic heterocycles. The van der Waals surface area contributed by atoms with Crippen LogP contribution in [-0.2, 0) is 5.41 Å². The topological polar surface area (TPSA) is 35.9 Å². The van der Waals surface area contributed by atoms with Gasteiger partial charge in [-0.05, 0) is 63.9 Å². The molecule has 0 unspecified atom stereocenters. The van der Waals surface area contributed by atoms with Crippen molar-refractivity contribution >= 4 is 28.8 Å². The second-order valence-electron chi connectivity index (χ2n) is 11.2. The van der Waals surface area contributed by atoms with Gasteiger partial charge in [0, 0.05) is 27.8 Å². The van der Waals surface area contributed by atoms with Gasteiger partial charge in [0.15, 0.2) is 0 Å². The second-order valence-corrected chi connectivity index (χ2v) is 11.2. The van der Waals surface area contributed by atoms with Crippen molar-refractivity contribution in [3.8, 4) is 11.1 Å². The first kappa shape index (κ1) is 26.0. The summed E-state index contributed by atoms with van der Waals surface area (Å²) in [4.78, 5) is 0. The van der Waals surface area contributed by atoms with E-state index < -0.39 is 0 Å². The molecule has 1 aliphatic carbocycles. The van der Waals surface area contributed by atoms with Crippen molar-refractivity contribution in [2.45, 2.75) is 32.1 Å². The normalized spacial score (nSPS) is 15.5. The van der Waals surface area contributed by atoms with E-state index in [1.807, 2.05) is 36.4 Å². The Labute approximate surface area is 248 Å². The number of fused-ring (bicyclic) bond motifs is 4. The van der Waals surface area contributed by atoms with E-state index in [2.05, 4.69) is 116 Å². The predicted octanol–water partition coefficient (Wildman–Crippen LogP) is 9.81. The molecule has 7 rings (SSSR count). The Kier molecular flexibility index (Phi) is 6.47. The van der Waals surface area contributed by atoms with Crippen LogP contribution >= 0.6 is 0 Å². The molecule has 0 saturated heterocycles. The van der Waals surface area contributed by atoms with Gasteiger partial charge in [0.05, 0.1) is 11.4 Å². The van der Waals surface area contributed by atoms with Crippen molar-refractivity contribution in [1.29, 1.82) is 5.41 Å². The molecule has 0 atom stereocenters. The number of hydrogen-bond acceptors (Lipinski definition) is 2. The summed E-state index contributed by atoms with van der Waals surface area (Å²) in [5, 5.41) is 13.5. The Bertz CT molecular complexity index is 1870. The van der Waals surface area contributed by atoms with Crippen molar-refractivity contribution in [3.05, 3.63) is 166 Å². The van der Waals surface area contributed by atoms with E-state index >= 15 is 0 Å². The summed E-state index contributed by atoms with van der Waals surface area (Å²) in [6, 6.07) is 44.9. The summed E-state index contributed by atoms with van der Waals surface area (Å²) in [5.41, 5.74) is 14.2. The molecule has 0 fully saturated rings. The molecule has 2 nitrogen and oxygen atoms in total. The molecule has 0 radical (unpaired) electrons. The highest BCUT2D eigenvalue weighted by Crippen LogP contribution is 2.53. The lowest BCUT2D eigenvalue weighted by Gasteiger charge is -2.30. The van der Waals surface area contributed by atoms with Crippen LogP contribution in [0.3, 0.4) is 0 Å². The molecule has 2 heteroatoms. The van der Waals surface area contributed by atoms with Crippen molar-refractivity contribution < 1.29 is 0 Å². The minimum atomic E-state index is -0.0420. The average Bonchev–Trinajstić information content (AvgIpc) is 3.35. The van der Waals surface area contributed by atoms with E-state index in [1.165, 1.54) is 22.3 Å². The zero-order valence-corrected chi connectivity index (χ0v) is 24.1. The van der Waals surface area contributed by atoms with Gasteiger partial charge in [-0.15, -0.1) is 0 Å². The molecular formula is C40H34N2. The summed E-state index contributed by atoms with van der Waals surface area (Å²) in [6.07, 6.45) is 4.28. The lowest BCUT2D eigenvalue weighted by molar-refractivity contribution is 0.490. The lowest BCUT2D eigenvalue weighted by atomic mass is 9.73. The molecule has 0 saturated carbocycles. The van der Waals surface area contributed by atoms with Crippen molar-refractivity contribution in [2.24, 2.45) is 0 Å². The third kappa shape index (κ3) is 4.06. The van der Waals surface area contributed by atoms with Crippen molar-refractivity contribution in [2.75, 3.05) is 0 Å². The largest absolute Gasteiger partial charge is 0.354 e. The standard InChI is InChI=1S/C40H34N2/c1-3-40(4-2)34-22-14-13-21-32(34)33-24-23-30(25-35(33)40)37(38(41)28-17-9-6-10-18-28)39-31-20-12-11-19-29(31)26-36(42-39)27-15-7-5-8-16-27/h5-26,41-42H,3-4H2,1-2H3/b39-37-,41-38?. The average molecular weight is 543 g/mol. The van der Waals surface area contributed by atoms with E-state index in [4.69, 9.17) is 0 Å². The predicted molar refractivity (Wildman–Crippen MR) is 177 cm³/mol. The van der Waals surface area contributed by atoms with Crippen LogP contribution in [0, 0.1) is 5.41 Å². The Balaban J connectivity index is 1.50. The van der Waals surface area contributed by atoms with Crippen LogP contribution in [0.25, 0.3) is 34.2 Å². The smallest absolute Gasteiger partial charge is 0.0711 e. The van der Waals surface area contributed by atoms with Crippen LogP contribution in [0.1, 0.15) is 65.6 Å². The summed E-state index contributed by atoms with van der Waals surface area (Å²) in [7, 11) is 0. The quantitative estimate of drug-likeness (QED) is 0.206. The number of hydrogen-bond donors (Lipinski definition) is 2. The van der Waals surface area contributed by atoms with Crippen LogP contribution in [0.2, 0.25) is 0 Å². The van der Waals surface area contributed by atoms with Crippen molar-refractivity contribution in [3.63, 3.8) is 0 Å². The van der Waals surface area contributed by atoms with E-state index in [0.29, 0.717) is 5.71 Å². The Morgan fingerprint density at radius 1 is 0.619 bits per heavy atom. The van der Waals surface area contributed by atoms with E-state index in [-0.39, 0.29) is 5.41 Å². The molecule has 5 aromatic rings. The van der Waals surface area contributed by atoms with E-state index in [0.717, 1.165) is 57.6 Å². The van der Waals surface area contributed by atoms with Gasteiger partial charge in [0.2, 0.25) is 0 Å². The summed E-state index contributed by atoms with van der Waals surface area (Å²) >= 11 is 0. The number of nitrogens with one attached hydrogen (secondary N) is 2. The highest BCUT2D eigenvalue weighted by Gasteiger charge is 2.40. The van der Waals surface area contributed by atoms with Gasteiger partial charge in [-0.3, -0.25) is 5.41 Å². The van der Waals surface area contributed by atoms with E-state index in [1.54, 1.807) is 0 Å². The van der Waals surface area contributed by atoms with Gasteiger partial charge in [0.1, 0.15) is 0 Å². The zero-order valence-electron chi connectivity index (χ0n) is 24.1. The molecular weight excluding hydrogens is 508 g/mol. The highest BCUT2D eigenvalue weighted by atomic mass is 14.9. The molecule has 1 aliphatic heterocycles. The van der Waals surface area contributed by atoms with Crippen LogP contribution in [0.15, 0.2) is 127 Å². The maximum Gasteiger partial charge on any atom is 0.0711 e. The van der Waals surface area contributed by atoms with Crippen LogP contribution in [0.5, 0.6) is 0 Å². The van der Waals surface area contributed by atoms with Crippen molar-refractivity contribution in [1.82, 2.24) is 5.32 Å². The summed E-state index contributed by atoms with van der Waals surface area (Å²) in [6.45, 7) is 4.62. The summed E-state index contributed by atoms with van der Waals surface area (Å²) < 4.78 is 0. The maximum absolute atomic E-state index is 9.67. The van der Waals surface area contributed by atoms with Crippen LogP contribution in [-0.4, -0.2) is 5.71 Å². The SMILES string of the molecule is CCC1(CC)c2ccccc2-c2ccc(/C(C(=N)c3ccccc3)=C3/NC(c4ccccc4)=Cc4ccccc43)cc21.